The number of anilines is 1. The van der Waals surface area contributed by atoms with Crippen LogP contribution in [0, 0.1) is 0 Å². The number of hydrogen-bond acceptors (Lipinski definition) is 3. The van der Waals surface area contributed by atoms with E-state index in [0.29, 0.717) is 0 Å². The van der Waals surface area contributed by atoms with Crippen molar-refractivity contribution in [2.24, 2.45) is 5.73 Å². The molecule has 1 aromatic heterocycles. The molecule has 4 heteroatoms. The monoisotopic (exact) mass is 711 g/mol. The zero-order valence-corrected chi connectivity index (χ0v) is 30.6. The van der Waals surface area contributed by atoms with Crippen LogP contribution in [0.1, 0.15) is 11.7 Å². The van der Waals surface area contributed by atoms with Gasteiger partial charge in [-0.2, -0.15) is 0 Å². The van der Waals surface area contributed by atoms with E-state index >= 15 is 0 Å². The van der Waals surface area contributed by atoms with Gasteiger partial charge >= 0.3 is 0 Å². The molecule has 9 rings (SSSR count). The number of nitrogens with zero attached hydrogens (tertiary/aromatic N) is 1. The topological polar surface area (TPSA) is 50.9 Å². The van der Waals surface area contributed by atoms with Crippen LogP contribution in [0.5, 0.6) is 0 Å². The summed E-state index contributed by atoms with van der Waals surface area (Å²) in [4.78, 5) is 5.02. The van der Waals surface area contributed by atoms with Gasteiger partial charge < -0.3 is 11.1 Å². The molecule has 3 N–H and O–H groups in total. The van der Waals surface area contributed by atoms with Crippen LogP contribution in [0.3, 0.4) is 0 Å². The second-order valence-electron chi connectivity index (χ2n) is 13.5. The molecule has 0 saturated carbocycles. The number of hydrogen-bond donors (Lipinski definition) is 2. The van der Waals surface area contributed by atoms with Crippen molar-refractivity contribution in [2.45, 2.75) is 6.17 Å². The molecule has 9 aromatic rings. The first-order valence-corrected chi connectivity index (χ1v) is 19.6. The lowest BCUT2D eigenvalue weighted by Crippen LogP contribution is -2.21. The maximum atomic E-state index is 6.97. The van der Waals surface area contributed by atoms with Crippen LogP contribution in [0.25, 0.3) is 54.9 Å². The lowest BCUT2D eigenvalue weighted by Gasteiger charge is -2.20. The van der Waals surface area contributed by atoms with Crippen LogP contribution >= 0.6 is 7.92 Å². The lowest BCUT2D eigenvalue weighted by atomic mass is 9.97. The van der Waals surface area contributed by atoms with Gasteiger partial charge in [-0.15, -0.1) is 0 Å². The summed E-state index contributed by atoms with van der Waals surface area (Å²) in [6.45, 7) is 0. The van der Waals surface area contributed by atoms with Crippen LogP contribution in [0.2, 0.25) is 0 Å². The van der Waals surface area contributed by atoms with Crippen molar-refractivity contribution in [3.8, 4) is 33.4 Å². The molecule has 0 aliphatic heterocycles. The third-order valence-corrected chi connectivity index (χ3v) is 12.5. The summed E-state index contributed by atoms with van der Waals surface area (Å²) in [6.07, 6.45) is 1.47. The second-order valence-corrected chi connectivity index (χ2v) is 15.8. The van der Waals surface area contributed by atoms with Gasteiger partial charge in [-0.05, 0) is 97.5 Å². The Labute approximate surface area is 317 Å². The maximum Gasteiger partial charge on any atom is 0.135 e. The first-order chi connectivity index (χ1) is 26.7. The number of fused-ring (bicyclic) bond motifs is 2. The molecule has 1 unspecified atom stereocenters. The standard InChI is InChI=1S/C50H38N3P/c51-49(43-17-11-16-40(32-43)37-26-28-47(29-27-37)54(45-18-3-1-4-19-45)46-20-5-2-6-21-46)53-50-48(42-25-23-36-13-8-10-15-39(36)31-42)33-44(34-52-50)41-24-22-35-12-7-9-14-38(35)30-41/h1-34,49H,51H2,(H,52,53). The Hall–Kier alpha value is -6.38. The summed E-state index contributed by atoms with van der Waals surface area (Å²) in [5.74, 6) is 0.743. The first-order valence-electron chi connectivity index (χ1n) is 18.3. The fourth-order valence-electron chi connectivity index (χ4n) is 7.23. The predicted octanol–water partition coefficient (Wildman–Crippen LogP) is 11.2. The van der Waals surface area contributed by atoms with Crippen molar-refractivity contribution in [3.05, 3.63) is 212 Å². The molecule has 0 bridgehead atoms. The number of nitrogens with one attached hydrogen (secondary N) is 1. The molecule has 3 nitrogen and oxygen atoms in total. The highest BCUT2D eigenvalue weighted by atomic mass is 31.1. The van der Waals surface area contributed by atoms with E-state index < -0.39 is 14.1 Å². The van der Waals surface area contributed by atoms with Crippen LogP contribution in [-0.4, -0.2) is 4.98 Å². The number of pyridine rings is 1. The molecule has 1 atom stereocenters. The summed E-state index contributed by atoms with van der Waals surface area (Å²) in [5, 5.41) is 12.4. The van der Waals surface area contributed by atoms with E-state index in [-0.39, 0.29) is 0 Å². The van der Waals surface area contributed by atoms with Crippen LogP contribution in [-0.2, 0) is 0 Å². The number of aromatic nitrogens is 1. The third kappa shape index (κ3) is 6.91. The Bertz CT molecular complexity index is 2670. The van der Waals surface area contributed by atoms with Crippen molar-refractivity contribution in [1.82, 2.24) is 4.98 Å². The number of benzene rings is 8. The minimum atomic E-state index is -0.667. The molecule has 1 heterocycles. The quantitative estimate of drug-likeness (QED) is 0.116. The molecular weight excluding hydrogens is 674 g/mol. The Morgan fingerprint density at radius 2 is 0.926 bits per heavy atom. The van der Waals surface area contributed by atoms with Crippen LogP contribution < -0.4 is 27.0 Å². The van der Waals surface area contributed by atoms with Gasteiger partial charge in [-0.3, -0.25) is 0 Å². The van der Waals surface area contributed by atoms with E-state index in [2.05, 4.69) is 206 Å². The molecule has 0 amide bonds. The van der Waals surface area contributed by atoms with Gasteiger partial charge in [0.05, 0.1) is 0 Å². The minimum Gasteiger partial charge on any atom is -0.350 e. The Kier molecular flexibility index (Phi) is 9.25. The van der Waals surface area contributed by atoms with E-state index in [1.807, 2.05) is 6.20 Å². The second kappa shape index (κ2) is 14.9. The van der Waals surface area contributed by atoms with E-state index in [9.17, 15) is 0 Å². The average Bonchev–Trinajstić information content (AvgIpc) is 3.24. The van der Waals surface area contributed by atoms with E-state index in [1.54, 1.807) is 0 Å². The zero-order valence-electron chi connectivity index (χ0n) is 29.7. The molecule has 0 radical (unpaired) electrons. The Morgan fingerprint density at radius 3 is 1.57 bits per heavy atom. The van der Waals surface area contributed by atoms with Crippen molar-refractivity contribution in [3.63, 3.8) is 0 Å². The summed E-state index contributed by atoms with van der Waals surface area (Å²) >= 11 is 0. The van der Waals surface area contributed by atoms with Gasteiger partial charge in [0.15, 0.2) is 0 Å². The minimum absolute atomic E-state index is 0.480. The fraction of sp³-hybridized carbons (Fsp3) is 0.0200. The summed E-state index contributed by atoms with van der Waals surface area (Å²) in [6, 6.07) is 71.5. The van der Waals surface area contributed by atoms with Gasteiger partial charge in [-0.1, -0.05) is 176 Å². The maximum absolute atomic E-state index is 6.97. The van der Waals surface area contributed by atoms with E-state index in [4.69, 9.17) is 10.7 Å². The highest BCUT2D eigenvalue weighted by Gasteiger charge is 2.18. The van der Waals surface area contributed by atoms with Crippen molar-refractivity contribution < 1.29 is 0 Å². The summed E-state index contributed by atoms with van der Waals surface area (Å²) in [5.41, 5.74) is 14.5. The molecule has 54 heavy (non-hydrogen) atoms. The predicted molar refractivity (Wildman–Crippen MR) is 231 cm³/mol. The van der Waals surface area contributed by atoms with Crippen LogP contribution in [0.4, 0.5) is 5.82 Å². The van der Waals surface area contributed by atoms with Gasteiger partial charge in [0.2, 0.25) is 0 Å². The molecule has 0 spiro atoms. The van der Waals surface area contributed by atoms with Crippen molar-refractivity contribution in [1.29, 1.82) is 0 Å². The van der Waals surface area contributed by atoms with E-state index in [1.165, 1.54) is 37.5 Å². The summed E-state index contributed by atoms with van der Waals surface area (Å²) in [7, 11) is -0.667. The highest BCUT2D eigenvalue weighted by molar-refractivity contribution is 7.79. The highest BCUT2D eigenvalue weighted by Crippen LogP contribution is 2.36. The van der Waals surface area contributed by atoms with Crippen molar-refractivity contribution in [2.75, 3.05) is 5.32 Å². The SMILES string of the molecule is NC(Nc1ncc(-c2ccc3ccccc3c2)cc1-c1ccc2ccccc2c1)c1cccc(-c2ccc(P(c3ccccc3)c3ccccc3)cc2)c1. The first kappa shape index (κ1) is 33.5. The van der Waals surface area contributed by atoms with Gasteiger partial charge in [0.25, 0.3) is 0 Å². The van der Waals surface area contributed by atoms with E-state index in [0.717, 1.165) is 44.8 Å². The lowest BCUT2D eigenvalue weighted by molar-refractivity contribution is 0.829. The molecular formula is C50H38N3P. The normalized spacial score (nSPS) is 11.9. The third-order valence-electron chi connectivity index (χ3n) is 10.1. The average molecular weight is 712 g/mol. The Morgan fingerprint density at radius 1 is 0.407 bits per heavy atom. The van der Waals surface area contributed by atoms with Crippen LogP contribution in [0.15, 0.2) is 206 Å². The number of rotatable bonds is 9. The van der Waals surface area contributed by atoms with Gasteiger partial charge in [0.1, 0.15) is 12.0 Å². The summed E-state index contributed by atoms with van der Waals surface area (Å²) < 4.78 is 0. The molecule has 0 fully saturated rings. The smallest absolute Gasteiger partial charge is 0.135 e. The molecule has 0 aliphatic carbocycles. The van der Waals surface area contributed by atoms with Gasteiger partial charge in [0, 0.05) is 17.3 Å². The van der Waals surface area contributed by atoms with Crippen molar-refractivity contribution >= 4 is 51.2 Å². The largest absolute Gasteiger partial charge is 0.350 e. The molecule has 8 aromatic carbocycles. The molecule has 0 aliphatic rings. The zero-order chi connectivity index (χ0) is 36.3. The van der Waals surface area contributed by atoms with Gasteiger partial charge in [-0.25, -0.2) is 4.98 Å². The number of nitrogens with two attached hydrogens (primary N) is 1. The fourth-order valence-corrected chi connectivity index (χ4v) is 9.51. The molecule has 258 valence electrons. The Balaban J connectivity index is 1.03. The molecule has 0 saturated heterocycles.